The number of aliphatic hydroxyl groups is 1. The predicted octanol–water partition coefficient (Wildman–Crippen LogP) is 5.64. The molecule has 3 aliphatic carbocycles. The van der Waals surface area contributed by atoms with Crippen molar-refractivity contribution in [1.82, 2.24) is 4.90 Å². The highest BCUT2D eigenvalue weighted by atomic mass is 19.4. The molecule has 0 radical (unpaired) electrons. The van der Waals surface area contributed by atoms with E-state index in [1.807, 2.05) is 20.8 Å². The maximum absolute atomic E-state index is 13.7. The van der Waals surface area contributed by atoms with E-state index in [2.05, 4.69) is 13.5 Å². The van der Waals surface area contributed by atoms with E-state index in [-0.39, 0.29) is 47.4 Å². The molecule has 0 spiro atoms. The molecule has 1 aliphatic heterocycles. The van der Waals surface area contributed by atoms with Crippen molar-refractivity contribution in [3.05, 3.63) is 42.0 Å². The highest BCUT2D eigenvalue weighted by molar-refractivity contribution is 6.07. The fraction of sp³-hybridized carbons (Fsp3) is 0.613. The lowest BCUT2D eigenvalue weighted by Crippen LogP contribution is -2.63. The van der Waals surface area contributed by atoms with E-state index in [0.717, 1.165) is 23.8 Å². The number of amides is 3. The Balaban J connectivity index is 1.46. The number of halogens is 3. The quantitative estimate of drug-likeness (QED) is 0.441. The van der Waals surface area contributed by atoms with Crippen molar-refractivity contribution >= 4 is 29.4 Å². The van der Waals surface area contributed by atoms with Gasteiger partial charge in [-0.1, -0.05) is 33.8 Å². The van der Waals surface area contributed by atoms with Crippen molar-refractivity contribution in [1.29, 1.82) is 0 Å². The lowest BCUT2D eigenvalue weighted by Gasteiger charge is -2.61. The lowest BCUT2D eigenvalue weighted by atomic mass is 9.44. The highest BCUT2D eigenvalue weighted by Crippen LogP contribution is 2.68. The van der Waals surface area contributed by atoms with Gasteiger partial charge in [-0.2, -0.15) is 13.2 Å². The van der Waals surface area contributed by atoms with Crippen molar-refractivity contribution in [3.63, 3.8) is 0 Å². The van der Waals surface area contributed by atoms with Crippen LogP contribution in [0.5, 0.6) is 0 Å². The Bertz CT molecular complexity index is 1360. The van der Waals surface area contributed by atoms with Gasteiger partial charge < -0.3 is 15.2 Å². The van der Waals surface area contributed by atoms with E-state index in [1.54, 1.807) is 11.4 Å². The van der Waals surface area contributed by atoms with Gasteiger partial charge in [0.25, 0.3) is 5.91 Å². The third-order valence-corrected chi connectivity index (χ3v) is 11.2. The van der Waals surface area contributed by atoms with Crippen LogP contribution in [-0.2, 0) is 20.9 Å². The van der Waals surface area contributed by atoms with Gasteiger partial charge in [0.1, 0.15) is 11.9 Å². The van der Waals surface area contributed by atoms with Crippen molar-refractivity contribution in [3.8, 4) is 0 Å². The number of nitrogens with zero attached hydrogens (tertiary/aromatic N) is 1. The van der Waals surface area contributed by atoms with Crippen LogP contribution >= 0.6 is 0 Å². The molecule has 5 rings (SSSR count). The number of hydrogen-bond acceptors (Lipinski definition) is 6. The Kier molecular flexibility index (Phi) is 7.15. The van der Waals surface area contributed by atoms with Crippen LogP contribution in [0.2, 0.25) is 0 Å². The fourth-order valence-electron chi connectivity index (χ4n) is 8.43. The van der Waals surface area contributed by atoms with Crippen molar-refractivity contribution < 1.29 is 42.2 Å². The van der Waals surface area contributed by atoms with Gasteiger partial charge in [-0.25, -0.2) is 9.69 Å². The molecule has 228 valence electrons. The first-order valence-electron chi connectivity index (χ1n) is 14.4. The van der Waals surface area contributed by atoms with Crippen LogP contribution in [0, 0.1) is 34.0 Å². The minimum atomic E-state index is -5.09. The summed E-state index contributed by atoms with van der Waals surface area (Å²) >= 11 is 0. The predicted molar refractivity (Wildman–Crippen MR) is 146 cm³/mol. The van der Waals surface area contributed by atoms with Gasteiger partial charge in [0.05, 0.1) is 12.6 Å². The molecule has 11 heteroatoms. The largest absolute Gasteiger partial charge is 0.471 e. The second-order valence-corrected chi connectivity index (χ2v) is 13.2. The molecule has 0 unspecified atom stereocenters. The number of aliphatic hydroxyl groups excluding tert-OH is 1. The summed E-state index contributed by atoms with van der Waals surface area (Å²) in [5, 5.41) is 13.4. The molecule has 8 nitrogen and oxygen atoms in total. The molecule has 42 heavy (non-hydrogen) atoms. The summed E-state index contributed by atoms with van der Waals surface area (Å²) in [7, 11) is 0. The SMILES string of the molecule is C=C[C@]1(C)C[C@@H](OC(=O)N2Cc3cc(NC(=O)C(F)(F)F)ccc3C2=O)[C@]2(C)[C@H](C)CC[C@]3(CCC(=O)[C@H]32)[C@@H](C)[C@@H]1O. The minimum Gasteiger partial charge on any atom is -0.445 e. The standard InChI is InChI=1S/C31H37F3N2O6/c1-6-28(4)14-22(29(5)16(2)9-11-30(17(3)24(28)38)12-10-21(37)23(29)30)42-27(41)36-15-18-13-19(7-8-20(18)25(36)39)35-26(40)31(32,33)34/h6-8,13,16-17,22-24,38H,1,9-12,14-15H2,2-5H3,(H,35,40)/t16-,17+,22-,23+,24+,28-,29+,30+/m1/s1. The Morgan fingerprint density at radius 3 is 2.52 bits per heavy atom. The Morgan fingerprint density at radius 1 is 1.19 bits per heavy atom. The van der Waals surface area contributed by atoms with Gasteiger partial charge in [-0.05, 0) is 66.7 Å². The zero-order valence-corrected chi connectivity index (χ0v) is 24.2. The smallest absolute Gasteiger partial charge is 0.445 e. The van der Waals surface area contributed by atoms with Crippen LogP contribution in [-0.4, -0.2) is 52.1 Å². The normalized spacial score (nSPS) is 37.8. The van der Waals surface area contributed by atoms with Gasteiger partial charge in [0, 0.05) is 34.4 Å². The third-order valence-electron chi connectivity index (χ3n) is 11.2. The number of ketones is 1. The zero-order chi connectivity index (χ0) is 31.0. The van der Waals surface area contributed by atoms with Crippen LogP contribution in [0.3, 0.4) is 0 Å². The number of carbonyl (C=O) groups excluding carboxylic acids is 4. The summed E-state index contributed by atoms with van der Waals surface area (Å²) in [6.45, 7) is 11.6. The number of rotatable bonds is 3. The molecule has 4 aliphatic rings. The van der Waals surface area contributed by atoms with Gasteiger partial charge in [0.2, 0.25) is 0 Å². The number of alkyl halides is 3. The first-order chi connectivity index (χ1) is 19.5. The second-order valence-electron chi connectivity index (χ2n) is 13.2. The maximum Gasteiger partial charge on any atom is 0.471 e. The summed E-state index contributed by atoms with van der Waals surface area (Å²) in [5.74, 6) is -3.36. The summed E-state index contributed by atoms with van der Waals surface area (Å²) in [6, 6.07) is 3.65. The van der Waals surface area contributed by atoms with Gasteiger partial charge in [-0.3, -0.25) is 14.4 Å². The number of ether oxygens (including phenoxy) is 1. The van der Waals surface area contributed by atoms with Crippen LogP contribution < -0.4 is 5.32 Å². The molecular formula is C31H37F3N2O6. The molecule has 1 heterocycles. The molecule has 3 fully saturated rings. The fourth-order valence-corrected chi connectivity index (χ4v) is 8.43. The van der Waals surface area contributed by atoms with Gasteiger partial charge in [0.15, 0.2) is 0 Å². The molecule has 1 aromatic rings. The molecule has 1 aromatic carbocycles. The lowest BCUT2D eigenvalue weighted by molar-refractivity contribution is -0.192. The van der Waals surface area contributed by atoms with Crippen LogP contribution in [0.1, 0.15) is 75.7 Å². The van der Waals surface area contributed by atoms with Crippen molar-refractivity contribution in [2.45, 2.75) is 84.7 Å². The molecular weight excluding hydrogens is 553 g/mol. The summed E-state index contributed by atoms with van der Waals surface area (Å²) in [5.41, 5.74) is -1.87. The topological polar surface area (TPSA) is 113 Å². The minimum absolute atomic E-state index is 0.00161. The number of carbonyl (C=O) groups is 4. The van der Waals surface area contributed by atoms with E-state index < -0.39 is 58.5 Å². The van der Waals surface area contributed by atoms with Crippen LogP contribution in [0.25, 0.3) is 0 Å². The molecule has 0 saturated heterocycles. The number of benzene rings is 1. The number of fused-ring (bicyclic) bond motifs is 1. The molecule has 3 amide bonds. The van der Waals surface area contributed by atoms with E-state index in [4.69, 9.17) is 4.74 Å². The van der Waals surface area contributed by atoms with Crippen molar-refractivity contribution in [2.75, 3.05) is 5.32 Å². The second kappa shape index (κ2) is 9.92. The molecule has 3 saturated carbocycles. The van der Waals surface area contributed by atoms with E-state index in [0.29, 0.717) is 12.8 Å². The highest BCUT2D eigenvalue weighted by Gasteiger charge is 2.68. The number of imide groups is 1. The zero-order valence-electron chi connectivity index (χ0n) is 24.2. The summed E-state index contributed by atoms with van der Waals surface area (Å²) in [4.78, 5) is 52.7. The number of anilines is 1. The van der Waals surface area contributed by atoms with E-state index in [9.17, 15) is 37.5 Å². The number of nitrogens with one attached hydrogen (secondary N) is 1. The van der Waals surface area contributed by atoms with Gasteiger partial charge >= 0.3 is 18.2 Å². The van der Waals surface area contributed by atoms with Crippen molar-refractivity contribution in [2.24, 2.45) is 34.0 Å². The Morgan fingerprint density at radius 2 is 1.88 bits per heavy atom. The third kappa shape index (κ3) is 4.37. The maximum atomic E-state index is 13.7. The Labute approximate surface area is 242 Å². The molecule has 0 aromatic heterocycles. The average Bonchev–Trinajstić information content (AvgIpc) is 3.45. The number of hydrogen-bond donors (Lipinski definition) is 2. The molecule has 2 bridgehead atoms. The summed E-state index contributed by atoms with van der Waals surface area (Å²) < 4.78 is 44.3. The van der Waals surface area contributed by atoms with Crippen LogP contribution in [0.15, 0.2) is 30.9 Å². The monoisotopic (exact) mass is 590 g/mol. The van der Waals surface area contributed by atoms with Gasteiger partial charge in [-0.15, -0.1) is 6.58 Å². The average molecular weight is 591 g/mol. The molecule has 2 N–H and O–H groups in total. The van der Waals surface area contributed by atoms with E-state index >= 15 is 0 Å². The van der Waals surface area contributed by atoms with Crippen LogP contribution in [0.4, 0.5) is 23.7 Å². The molecule has 8 atom stereocenters. The Hall–Kier alpha value is -3.21. The number of Topliss-reactive ketones (excluding diaryl/α,β-unsaturated/α-hetero) is 1. The van der Waals surface area contributed by atoms with E-state index in [1.165, 1.54) is 12.1 Å². The first kappa shape index (κ1) is 30.3. The summed E-state index contributed by atoms with van der Waals surface area (Å²) in [6.07, 6.45) is -3.22. The first-order valence-corrected chi connectivity index (χ1v) is 14.4.